The minimum absolute atomic E-state index is 0.240. The summed E-state index contributed by atoms with van der Waals surface area (Å²) in [5.41, 5.74) is 7.56. The van der Waals surface area contributed by atoms with Crippen LogP contribution in [0, 0.1) is 12.3 Å². The second-order valence-electron chi connectivity index (χ2n) is 4.03. The largest absolute Gasteiger partial charge is 0.481 e. The average molecular weight is 332 g/mol. The van der Waals surface area contributed by atoms with Crippen LogP contribution in [0.25, 0.3) is 0 Å². The molecule has 1 aromatic heterocycles. The Balaban J connectivity index is 2.14. The minimum Gasteiger partial charge on any atom is -0.481 e. The lowest BCUT2D eigenvalue weighted by atomic mass is 10.2. The molecule has 0 aliphatic heterocycles. The summed E-state index contributed by atoms with van der Waals surface area (Å²) in [7, 11) is 0. The number of rotatable bonds is 5. The Morgan fingerprint density at radius 1 is 1.40 bits per heavy atom. The summed E-state index contributed by atoms with van der Waals surface area (Å²) in [6.45, 7) is 0.804. The van der Waals surface area contributed by atoms with Crippen LogP contribution in [0.2, 0.25) is 0 Å². The van der Waals surface area contributed by atoms with E-state index in [9.17, 15) is 0 Å². The van der Waals surface area contributed by atoms with Crippen LogP contribution < -0.4 is 15.8 Å². The smallest absolute Gasteiger partial charge is 0.148 e. The Labute approximate surface area is 126 Å². The van der Waals surface area contributed by atoms with E-state index in [1.807, 2.05) is 30.3 Å². The molecular formula is C15H14BrN3O. The lowest BCUT2D eigenvalue weighted by molar-refractivity contribution is 0.366. The number of pyridine rings is 1. The molecule has 3 N–H and O–H groups in total. The molecule has 0 aliphatic rings. The number of nitrogens with zero attached hydrogens (tertiary/aromatic N) is 1. The molecule has 0 amide bonds. The second-order valence-corrected chi connectivity index (χ2v) is 4.95. The van der Waals surface area contributed by atoms with Gasteiger partial charge in [-0.2, -0.15) is 0 Å². The van der Waals surface area contributed by atoms with Crippen LogP contribution in [-0.4, -0.2) is 11.6 Å². The second kappa shape index (κ2) is 6.83. The van der Waals surface area contributed by atoms with Gasteiger partial charge >= 0.3 is 0 Å². The molecule has 1 heterocycles. The van der Waals surface area contributed by atoms with E-state index in [0.29, 0.717) is 12.4 Å². The maximum atomic E-state index is 5.79. The molecule has 0 saturated heterocycles. The van der Waals surface area contributed by atoms with Gasteiger partial charge in [0, 0.05) is 22.8 Å². The van der Waals surface area contributed by atoms with Crippen LogP contribution in [-0.2, 0) is 6.54 Å². The van der Waals surface area contributed by atoms with E-state index in [1.54, 1.807) is 6.20 Å². The van der Waals surface area contributed by atoms with E-state index >= 15 is 0 Å². The first kappa shape index (κ1) is 14.2. The van der Waals surface area contributed by atoms with Gasteiger partial charge in [-0.25, -0.2) is 4.98 Å². The number of ether oxygens (including phenoxy) is 1. The molecule has 5 heteroatoms. The molecule has 4 nitrogen and oxygen atoms in total. The van der Waals surface area contributed by atoms with E-state index in [4.69, 9.17) is 16.9 Å². The first-order valence-electron chi connectivity index (χ1n) is 5.99. The number of hydrogen-bond acceptors (Lipinski definition) is 4. The van der Waals surface area contributed by atoms with Gasteiger partial charge < -0.3 is 15.8 Å². The summed E-state index contributed by atoms with van der Waals surface area (Å²) >= 11 is 3.44. The summed E-state index contributed by atoms with van der Waals surface area (Å²) in [4.78, 5) is 4.03. The summed E-state index contributed by atoms with van der Waals surface area (Å²) < 4.78 is 6.49. The zero-order chi connectivity index (χ0) is 14.4. The number of aromatic nitrogens is 1. The van der Waals surface area contributed by atoms with Gasteiger partial charge in [0.25, 0.3) is 0 Å². The van der Waals surface area contributed by atoms with Crippen LogP contribution in [0.1, 0.15) is 5.56 Å². The summed E-state index contributed by atoms with van der Waals surface area (Å²) in [6.07, 6.45) is 6.87. The highest BCUT2D eigenvalue weighted by Gasteiger charge is 2.06. The maximum absolute atomic E-state index is 5.79. The Morgan fingerprint density at radius 2 is 2.25 bits per heavy atom. The molecule has 0 atom stereocenters. The molecule has 0 unspecified atom stereocenters. The Kier molecular flexibility index (Phi) is 4.85. The molecule has 0 saturated carbocycles. The fourth-order valence-electron chi connectivity index (χ4n) is 1.70. The molecule has 0 fully saturated rings. The maximum Gasteiger partial charge on any atom is 0.148 e. The van der Waals surface area contributed by atoms with Crippen molar-refractivity contribution in [2.24, 2.45) is 0 Å². The fraction of sp³-hybridized carbons (Fsp3) is 0.133. The van der Waals surface area contributed by atoms with E-state index in [1.165, 1.54) is 0 Å². The predicted octanol–water partition coefficient (Wildman–Crippen LogP) is 3.05. The molecule has 0 bridgehead atoms. The molecular weight excluding hydrogens is 318 g/mol. The van der Waals surface area contributed by atoms with Crippen molar-refractivity contribution >= 4 is 27.4 Å². The third kappa shape index (κ3) is 3.65. The Hall–Kier alpha value is -2.19. The van der Waals surface area contributed by atoms with Crippen LogP contribution >= 0.6 is 15.9 Å². The standard InChI is InChI=1S/C15H14BrN3O/c1-2-8-20-14-6-5-12(16)9-11(14)10-19-13-4-3-7-18-15(13)17/h1,3-7,9,19H,8,10H2,(H2,17,18). The van der Waals surface area contributed by atoms with Gasteiger partial charge in [0.15, 0.2) is 0 Å². The summed E-state index contributed by atoms with van der Waals surface area (Å²) in [6, 6.07) is 9.47. The van der Waals surface area contributed by atoms with Gasteiger partial charge in [-0.1, -0.05) is 21.9 Å². The van der Waals surface area contributed by atoms with Crippen molar-refractivity contribution in [3.8, 4) is 18.1 Å². The van der Waals surface area contributed by atoms with Gasteiger partial charge in [-0.05, 0) is 30.3 Å². The van der Waals surface area contributed by atoms with Gasteiger partial charge in [0.1, 0.15) is 18.2 Å². The molecule has 2 rings (SSSR count). The minimum atomic E-state index is 0.240. The average Bonchev–Trinajstić information content (AvgIpc) is 2.45. The number of hydrogen-bond donors (Lipinski definition) is 2. The molecule has 1 aromatic carbocycles. The Morgan fingerprint density at radius 3 is 3.00 bits per heavy atom. The van der Waals surface area contributed by atoms with Crippen molar-refractivity contribution < 1.29 is 4.74 Å². The van der Waals surface area contributed by atoms with Crippen molar-refractivity contribution in [3.05, 3.63) is 46.6 Å². The van der Waals surface area contributed by atoms with Crippen LogP contribution in [0.4, 0.5) is 11.5 Å². The van der Waals surface area contributed by atoms with Crippen molar-refractivity contribution in [1.29, 1.82) is 0 Å². The zero-order valence-electron chi connectivity index (χ0n) is 10.8. The molecule has 2 aromatic rings. The van der Waals surface area contributed by atoms with Gasteiger partial charge in [0.05, 0.1) is 5.69 Å². The van der Waals surface area contributed by atoms with Crippen molar-refractivity contribution in [2.45, 2.75) is 6.54 Å². The third-order valence-electron chi connectivity index (χ3n) is 2.64. The first-order chi connectivity index (χ1) is 9.70. The Bertz CT molecular complexity index is 637. The number of halogens is 1. The molecule has 0 radical (unpaired) electrons. The fourth-order valence-corrected chi connectivity index (χ4v) is 2.11. The monoisotopic (exact) mass is 331 g/mol. The molecule has 20 heavy (non-hydrogen) atoms. The van der Waals surface area contributed by atoms with Gasteiger partial charge in [-0.15, -0.1) is 6.42 Å². The number of terminal acetylenes is 1. The topological polar surface area (TPSA) is 60.2 Å². The number of nitrogens with two attached hydrogens (primary N) is 1. The number of nitrogens with one attached hydrogen (secondary N) is 1. The van der Waals surface area contributed by atoms with Gasteiger partial charge in [-0.3, -0.25) is 0 Å². The number of anilines is 2. The van der Waals surface area contributed by atoms with E-state index in [-0.39, 0.29) is 6.61 Å². The highest BCUT2D eigenvalue weighted by Crippen LogP contribution is 2.25. The number of benzene rings is 1. The molecule has 0 aliphatic carbocycles. The van der Waals surface area contributed by atoms with E-state index in [2.05, 4.69) is 32.2 Å². The van der Waals surface area contributed by atoms with Crippen molar-refractivity contribution in [3.63, 3.8) is 0 Å². The predicted molar refractivity (Wildman–Crippen MR) is 84.4 cm³/mol. The van der Waals surface area contributed by atoms with Gasteiger partial charge in [0.2, 0.25) is 0 Å². The van der Waals surface area contributed by atoms with Crippen LogP contribution in [0.3, 0.4) is 0 Å². The van der Waals surface area contributed by atoms with Crippen molar-refractivity contribution in [2.75, 3.05) is 17.7 Å². The zero-order valence-corrected chi connectivity index (χ0v) is 12.4. The third-order valence-corrected chi connectivity index (χ3v) is 3.13. The van der Waals surface area contributed by atoms with E-state index in [0.717, 1.165) is 21.5 Å². The lowest BCUT2D eigenvalue weighted by Crippen LogP contribution is -2.06. The highest BCUT2D eigenvalue weighted by molar-refractivity contribution is 9.10. The van der Waals surface area contributed by atoms with E-state index < -0.39 is 0 Å². The normalized spacial score (nSPS) is 9.80. The number of nitrogen functional groups attached to an aromatic ring is 1. The highest BCUT2D eigenvalue weighted by atomic mass is 79.9. The van der Waals surface area contributed by atoms with Crippen LogP contribution in [0.15, 0.2) is 41.0 Å². The van der Waals surface area contributed by atoms with Crippen molar-refractivity contribution in [1.82, 2.24) is 4.98 Å². The lowest BCUT2D eigenvalue weighted by Gasteiger charge is -2.12. The SMILES string of the molecule is C#CCOc1ccc(Br)cc1CNc1cccnc1N. The quantitative estimate of drug-likeness (QED) is 0.826. The first-order valence-corrected chi connectivity index (χ1v) is 6.79. The van der Waals surface area contributed by atoms with Crippen LogP contribution in [0.5, 0.6) is 5.75 Å². The molecule has 102 valence electrons. The molecule has 0 spiro atoms. The summed E-state index contributed by atoms with van der Waals surface area (Å²) in [5, 5.41) is 3.23. The summed E-state index contributed by atoms with van der Waals surface area (Å²) in [5.74, 6) is 3.67.